The largest absolute Gasteiger partial charge is 0.474 e. The van der Waals surface area contributed by atoms with Gasteiger partial charge in [-0.2, -0.15) is 26.3 Å². The number of hydrogen-bond acceptors (Lipinski definition) is 3. The highest BCUT2D eigenvalue weighted by atomic mass is 35.5. The fourth-order valence-electron chi connectivity index (χ4n) is 3.29. The molecule has 1 saturated carbocycles. The molecule has 2 N–H and O–H groups in total. The molecule has 12 heteroatoms. The summed E-state index contributed by atoms with van der Waals surface area (Å²) < 4.78 is 82.1. The van der Waals surface area contributed by atoms with E-state index in [2.05, 4.69) is 15.6 Å². The number of carbonyl (C=O) groups excluding carboxylic acids is 1. The van der Waals surface area contributed by atoms with Crippen LogP contribution in [0.15, 0.2) is 36.5 Å². The van der Waals surface area contributed by atoms with Crippen LogP contribution in [0, 0.1) is 0 Å². The average molecular weight is 482 g/mol. The summed E-state index contributed by atoms with van der Waals surface area (Å²) in [5, 5.41) is 4.58. The number of alkyl halides is 6. The Balaban J connectivity index is 1.47. The van der Waals surface area contributed by atoms with Crippen LogP contribution >= 0.6 is 11.6 Å². The zero-order valence-corrected chi connectivity index (χ0v) is 17.1. The van der Waals surface area contributed by atoms with Crippen LogP contribution < -0.4 is 15.4 Å². The SMILES string of the molecule is O=C(Nc1ccc(Cl)c(C(F)(F)F)c1)N[C@H]1CC[C@H](Oc2ccc(C(F)(F)F)cn2)CC1. The summed E-state index contributed by atoms with van der Waals surface area (Å²) >= 11 is 5.56. The van der Waals surface area contributed by atoms with Crippen LogP contribution in [0.1, 0.15) is 36.8 Å². The van der Waals surface area contributed by atoms with Crippen LogP contribution in [0.3, 0.4) is 0 Å². The summed E-state index contributed by atoms with van der Waals surface area (Å²) in [4.78, 5) is 15.8. The Labute approximate surface area is 184 Å². The van der Waals surface area contributed by atoms with Gasteiger partial charge in [0.25, 0.3) is 0 Å². The van der Waals surface area contributed by atoms with Crippen molar-refractivity contribution < 1.29 is 35.9 Å². The maximum Gasteiger partial charge on any atom is 0.417 e. The Morgan fingerprint density at radius 2 is 1.69 bits per heavy atom. The Morgan fingerprint density at radius 1 is 1.00 bits per heavy atom. The molecule has 3 rings (SSSR count). The first kappa shape index (κ1) is 24.0. The number of rotatable bonds is 4. The first-order chi connectivity index (χ1) is 14.9. The van der Waals surface area contributed by atoms with E-state index >= 15 is 0 Å². The van der Waals surface area contributed by atoms with Crippen molar-refractivity contribution in [3.05, 3.63) is 52.7 Å². The van der Waals surface area contributed by atoms with Crippen molar-refractivity contribution in [3.63, 3.8) is 0 Å². The number of nitrogens with zero attached hydrogens (tertiary/aromatic N) is 1. The standard InChI is InChI=1S/C20H18ClF6N3O2/c21-16-7-4-13(9-15(16)20(25,26)27)30-18(31)29-12-2-5-14(6-3-12)32-17-8-1-11(10-28-17)19(22,23)24/h1,4,7-10,12,14H,2-3,5-6H2,(H2,29,30,31)/t12-,14-. The Kier molecular flexibility index (Phi) is 7.06. The number of carbonyl (C=O) groups is 1. The number of urea groups is 1. The van der Waals surface area contributed by atoms with Crippen molar-refractivity contribution in [2.24, 2.45) is 0 Å². The van der Waals surface area contributed by atoms with E-state index in [-0.39, 0.29) is 23.7 Å². The predicted molar refractivity (Wildman–Crippen MR) is 105 cm³/mol. The van der Waals surface area contributed by atoms with Gasteiger partial charge in [-0.25, -0.2) is 9.78 Å². The van der Waals surface area contributed by atoms with Gasteiger partial charge in [0.1, 0.15) is 6.10 Å². The second-order valence-electron chi connectivity index (χ2n) is 7.27. The van der Waals surface area contributed by atoms with Gasteiger partial charge in [-0.15, -0.1) is 0 Å². The number of ether oxygens (including phenoxy) is 1. The summed E-state index contributed by atoms with van der Waals surface area (Å²) in [5.41, 5.74) is -1.97. The zero-order chi connectivity index (χ0) is 23.5. The first-order valence-electron chi connectivity index (χ1n) is 9.56. The molecule has 0 saturated heterocycles. The minimum Gasteiger partial charge on any atom is -0.474 e. The molecule has 1 aromatic heterocycles. The van der Waals surface area contributed by atoms with Crippen molar-refractivity contribution in [2.75, 3.05) is 5.32 Å². The molecule has 1 aliphatic carbocycles. The normalized spacial score (nSPS) is 19.3. The van der Waals surface area contributed by atoms with Gasteiger partial charge in [0, 0.05) is 24.0 Å². The minimum absolute atomic E-state index is 0.0513. The number of benzene rings is 1. The fraction of sp³-hybridized carbons (Fsp3) is 0.400. The van der Waals surface area contributed by atoms with Crippen molar-refractivity contribution in [3.8, 4) is 5.88 Å². The Morgan fingerprint density at radius 3 is 2.25 bits per heavy atom. The number of hydrogen-bond donors (Lipinski definition) is 2. The van der Waals surface area contributed by atoms with E-state index in [0.717, 1.165) is 24.3 Å². The number of pyridine rings is 1. The number of amides is 2. The van der Waals surface area contributed by atoms with Crippen LogP contribution in [0.5, 0.6) is 5.88 Å². The van der Waals surface area contributed by atoms with Gasteiger partial charge in [0.2, 0.25) is 5.88 Å². The second-order valence-corrected chi connectivity index (χ2v) is 7.67. The lowest BCUT2D eigenvalue weighted by molar-refractivity contribution is -0.138. The molecule has 0 aliphatic heterocycles. The number of halogens is 7. The summed E-state index contributed by atoms with van der Waals surface area (Å²) in [6.07, 6.45) is -6.61. The highest BCUT2D eigenvalue weighted by Gasteiger charge is 2.34. The first-order valence-corrected chi connectivity index (χ1v) is 9.94. The van der Waals surface area contributed by atoms with E-state index in [1.807, 2.05) is 0 Å². The lowest BCUT2D eigenvalue weighted by Gasteiger charge is -2.29. The molecule has 2 amide bonds. The van der Waals surface area contributed by atoms with Crippen molar-refractivity contribution in [2.45, 2.75) is 50.2 Å². The number of nitrogens with one attached hydrogen (secondary N) is 2. The molecule has 32 heavy (non-hydrogen) atoms. The average Bonchev–Trinajstić information content (AvgIpc) is 2.70. The van der Waals surface area contributed by atoms with E-state index in [0.29, 0.717) is 31.9 Å². The van der Waals surface area contributed by atoms with E-state index < -0.39 is 34.5 Å². The molecule has 5 nitrogen and oxygen atoms in total. The molecular weight excluding hydrogens is 464 g/mol. The lowest BCUT2D eigenvalue weighted by Crippen LogP contribution is -2.41. The van der Waals surface area contributed by atoms with Crippen LogP contribution in [0.25, 0.3) is 0 Å². The molecule has 1 fully saturated rings. The van der Waals surface area contributed by atoms with E-state index in [9.17, 15) is 31.1 Å². The van der Waals surface area contributed by atoms with E-state index in [1.165, 1.54) is 6.07 Å². The third-order valence-electron chi connectivity index (χ3n) is 4.89. The van der Waals surface area contributed by atoms with Gasteiger partial charge in [0.05, 0.1) is 16.1 Å². The fourth-order valence-corrected chi connectivity index (χ4v) is 3.51. The number of anilines is 1. The molecule has 1 heterocycles. The topological polar surface area (TPSA) is 63.2 Å². The number of aromatic nitrogens is 1. The second kappa shape index (κ2) is 9.43. The van der Waals surface area contributed by atoms with Crippen molar-refractivity contribution in [1.29, 1.82) is 0 Å². The van der Waals surface area contributed by atoms with Crippen LogP contribution in [-0.4, -0.2) is 23.2 Å². The molecule has 174 valence electrons. The van der Waals surface area contributed by atoms with Gasteiger partial charge in [0.15, 0.2) is 0 Å². The smallest absolute Gasteiger partial charge is 0.417 e. The third-order valence-corrected chi connectivity index (χ3v) is 5.22. The van der Waals surface area contributed by atoms with Crippen LogP contribution in [0.2, 0.25) is 5.02 Å². The molecule has 0 atom stereocenters. The minimum atomic E-state index is -4.65. The van der Waals surface area contributed by atoms with Crippen LogP contribution in [0.4, 0.5) is 36.8 Å². The van der Waals surface area contributed by atoms with Gasteiger partial charge in [-0.1, -0.05) is 11.6 Å². The Hall–Kier alpha value is -2.69. The molecule has 0 radical (unpaired) electrons. The zero-order valence-electron chi connectivity index (χ0n) is 16.4. The summed E-state index contributed by atoms with van der Waals surface area (Å²) in [6.45, 7) is 0. The molecular formula is C20H18ClF6N3O2. The van der Waals surface area contributed by atoms with Crippen LogP contribution in [-0.2, 0) is 12.4 Å². The molecule has 2 aromatic rings. The summed E-state index contributed by atoms with van der Waals surface area (Å²) in [6, 6.07) is 4.22. The molecule has 0 unspecified atom stereocenters. The highest BCUT2D eigenvalue weighted by Crippen LogP contribution is 2.36. The van der Waals surface area contributed by atoms with Gasteiger partial charge in [-0.3, -0.25) is 0 Å². The maximum absolute atomic E-state index is 12.9. The lowest BCUT2D eigenvalue weighted by atomic mass is 9.93. The highest BCUT2D eigenvalue weighted by molar-refractivity contribution is 6.31. The monoisotopic (exact) mass is 481 g/mol. The quantitative estimate of drug-likeness (QED) is 0.505. The summed E-state index contributed by atoms with van der Waals surface area (Å²) in [7, 11) is 0. The van der Waals surface area contributed by atoms with E-state index in [1.54, 1.807) is 0 Å². The van der Waals surface area contributed by atoms with Gasteiger partial charge in [-0.05, 0) is 49.9 Å². The Bertz CT molecular complexity index is 942. The van der Waals surface area contributed by atoms with Gasteiger partial charge >= 0.3 is 18.4 Å². The van der Waals surface area contributed by atoms with E-state index in [4.69, 9.17) is 16.3 Å². The summed E-state index contributed by atoms with van der Waals surface area (Å²) in [5.74, 6) is 0.0790. The maximum atomic E-state index is 12.9. The predicted octanol–water partition coefficient (Wildman–Crippen LogP) is 6.28. The van der Waals surface area contributed by atoms with Crippen molar-refractivity contribution in [1.82, 2.24) is 10.3 Å². The molecule has 0 spiro atoms. The van der Waals surface area contributed by atoms with Gasteiger partial charge < -0.3 is 15.4 Å². The molecule has 0 bridgehead atoms. The molecule has 1 aliphatic rings. The molecule has 1 aromatic carbocycles. The third kappa shape index (κ3) is 6.41. The van der Waals surface area contributed by atoms with Crippen molar-refractivity contribution >= 4 is 23.3 Å².